The van der Waals surface area contributed by atoms with Gasteiger partial charge in [0.2, 0.25) is 10.0 Å². The number of ether oxygens (including phenoxy) is 2. The Morgan fingerprint density at radius 2 is 1.70 bits per heavy atom. The molecule has 0 fully saturated rings. The summed E-state index contributed by atoms with van der Waals surface area (Å²) in [6.07, 6.45) is 1.05. The highest BCUT2D eigenvalue weighted by molar-refractivity contribution is 7.92. The summed E-state index contributed by atoms with van der Waals surface area (Å²) in [5.41, 5.74) is 0.943. The Morgan fingerprint density at radius 3 is 2.36 bits per heavy atom. The number of anilines is 1. The van der Waals surface area contributed by atoms with E-state index < -0.39 is 15.8 Å². The number of nitrogens with zero attached hydrogens (tertiary/aromatic N) is 1. The van der Waals surface area contributed by atoms with Gasteiger partial charge >= 0.3 is 0 Å². The minimum absolute atomic E-state index is 0.154. The predicted molar refractivity (Wildman–Crippen MR) is 125 cm³/mol. The summed E-state index contributed by atoms with van der Waals surface area (Å²) >= 11 is 0. The number of benzene rings is 3. The van der Waals surface area contributed by atoms with Crippen molar-refractivity contribution in [1.82, 2.24) is 5.32 Å². The van der Waals surface area contributed by atoms with Gasteiger partial charge in [-0.2, -0.15) is 0 Å². The maximum atomic E-state index is 14.0. The molecule has 3 rings (SSSR count). The number of nitrogens with one attached hydrogen (secondary N) is 1. The highest BCUT2D eigenvalue weighted by Gasteiger charge is 2.20. The molecule has 1 amide bonds. The van der Waals surface area contributed by atoms with Crippen molar-refractivity contribution in [3.05, 3.63) is 89.7 Å². The van der Waals surface area contributed by atoms with E-state index in [1.54, 1.807) is 43.5 Å². The molecule has 0 bridgehead atoms. The topological polar surface area (TPSA) is 84.9 Å². The first kappa shape index (κ1) is 24.1. The quantitative estimate of drug-likeness (QED) is 0.456. The van der Waals surface area contributed by atoms with E-state index in [2.05, 4.69) is 5.32 Å². The molecule has 0 atom stereocenters. The Morgan fingerprint density at radius 1 is 1.00 bits per heavy atom. The third kappa shape index (κ3) is 6.69. The van der Waals surface area contributed by atoms with Gasteiger partial charge in [-0.15, -0.1) is 0 Å². The molecule has 33 heavy (non-hydrogen) atoms. The Labute approximate surface area is 192 Å². The van der Waals surface area contributed by atoms with Crippen LogP contribution in [0.15, 0.2) is 72.8 Å². The minimum atomic E-state index is -3.67. The van der Waals surface area contributed by atoms with Crippen molar-refractivity contribution in [2.24, 2.45) is 0 Å². The molecule has 0 aliphatic rings. The Hall–Kier alpha value is -3.59. The Balaban J connectivity index is 1.60. The second-order valence-corrected chi connectivity index (χ2v) is 9.10. The number of amides is 1. The molecule has 0 aromatic heterocycles. The van der Waals surface area contributed by atoms with Crippen LogP contribution in [0.3, 0.4) is 0 Å². The van der Waals surface area contributed by atoms with E-state index in [4.69, 9.17) is 9.47 Å². The number of sulfonamides is 1. The van der Waals surface area contributed by atoms with Crippen LogP contribution in [0.1, 0.15) is 15.9 Å². The molecule has 3 aromatic carbocycles. The maximum absolute atomic E-state index is 14.0. The van der Waals surface area contributed by atoms with Crippen LogP contribution in [0.5, 0.6) is 11.5 Å². The zero-order chi connectivity index (χ0) is 23.8. The van der Waals surface area contributed by atoms with Gasteiger partial charge in [-0.25, -0.2) is 12.8 Å². The number of halogens is 1. The van der Waals surface area contributed by atoms with Gasteiger partial charge in [-0.3, -0.25) is 9.10 Å². The van der Waals surface area contributed by atoms with Crippen molar-refractivity contribution in [1.29, 1.82) is 0 Å². The molecule has 0 unspecified atom stereocenters. The number of hydrogen-bond acceptors (Lipinski definition) is 5. The molecule has 0 radical (unpaired) electrons. The molecule has 174 valence electrons. The molecule has 9 heteroatoms. The molecule has 1 N–H and O–H groups in total. The molecule has 0 aliphatic heterocycles. The second-order valence-electron chi connectivity index (χ2n) is 7.19. The van der Waals surface area contributed by atoms with Gasteiger partial charge in [-0.05, 0) is 42.5 Å². The summed E-state index contributed by atoms with van der Waals surface area (Å²) in [6, 6.07) is 19.2. The van der Waals surface area contributed by atoms with E-state index in [1.807, 2.05) is 0 Å². The minimum Gasteiger partial charge on any atom is -0.497 e. The smallest absolute Gasteiger partial charge is 0.251 e. The monoisotopic (exact) mass is 472 g/mol. The molecule has 0 saturated carbocycles. The fourth-order valence-corrected chi connectivity index (χ4v) is 3.97. The Bertz CT molecular complexity index is 1200. The fourth-order valence-electron chi connectivity index (χ4n) is 3.09. The first-order chi connectivity index (χ1) is 15.8. The first-order valence-corrected chi connectivity index (χ1v) is 12.0. The van der Waals surface area contributed by atoms with Crippen molar-refractivity contribution in [2.45, 2.75) is 6.54 Å². The van der Waals surface area contributed by atoms with Gasteiger partial charge in [0.05, 0.1) is 32.1 Å². The lowest BCUT2D eigenvalue weighted by molar-refractivity contribution is 0.0947. The van der Waals surface area contributed by atoms with E-state index in [-0.39, 0.29) is 31.2 Å². The lowest BCUT2D eigenvalue weighted by Crippen LogP contribution is -2.30. The molecule has 0 saturated heterocycles. The van der Waals surface area contributed by atoms with Crippen LogP contribution >= 0.6 is 0 Å². The summed E-state index contributed by atoms with van der Waals surface area (Å²) in [7, 11) is -2.11. The number of carbonyl (C=O) groups excluding carboxylic acids is 1. The van der Waals surface area contributed by atoms with Gasteiger partial charge in [0.1, 0.15) is 23.9 Å². The highest BCUT2D eigenvalue weighted by Crippen LogP contribution is 2.22. The first-order valence-electron chi connectivity index (χ1n) is 10.1. The summed E-state index contributed by atoms with van der Waals surface area (Å²) in [6.45, 7) is 0.390. The van der Waals surface area contributed by atoms with Crippen molar-refractivity contribution in [3.63, 3.8) is 0 Å². The molecule has 0 heterocycles. The summed E-state index contributed by atoms with van der Waals surface area (Å²) in [4.78, 5) is 12.4. The molecular weight excluding hydrogens is 447 g/mol. The van der Waals surface area contributed by atoms with Gasteiger partial charge in [0.25, 0.3) is 5.91 Å². The summed E-state index contributed by atoms with van der Waals surface area (Å²) < 4.78 is 50.4. The van der Waals surface area contributed by atoms with Crippen molar-refractivity contribution < 1.29 is 27.1 Å². The zero-order valence-electron chi connectivity index (χ0n) is 18.3. The zero-order valence-corrected chi connectivity index (χ0v) is 19.1. The van der Waals surface area contributed by atoms with Crippen LogP contribution in [0, 0.1) is 5.82 Å². The molecule has 0 aliphatic carbocycles. The highest BCUT2D eigenvalue weighted by atomic mass is 32.2. The van der Waals surface area contributed by atoms with Crippen molar-refractivity contribution in [3.8, 4) is 11.5 Å². The van der Waals surface area contributed by atoms with Gasteiger partial charge in [0.15, 0.2) is 0 Å². The largest absolute Gasteiger partial charge is 0.497 e. The van der Waals surface area contributed by atoms with E-state index in [9.17, 15) is 17.6 Å². The van der Waals surface area contributed by atoms with Crippen LogP contribution in [-0.2, 0) is 16.6 Å². The lowest BCUT2D eigenvalue weighted by Gasteiger charge is -2.23. The van der Waals surface area contributed by atoms with Crippen molar-refractivity contribution >= 4 is 21.6 Å². The number of carbonyl (C=O) groups is 1. The van der Waals surface area contributed by atoms with E-state index in [0.29, 0.717) is 22.7 Å². The van der Waals surface area contributed by atoms with E-state index in [1.165, 1.54) is 36.4 Å². The van der Waals surface area contributed by atoms with E-state index in [0.717, 1.165) is 10.6 Å². The summed E-state index contributed by atoms with van der Waals surface area (Å²) in [5, 5.41) is 2.75. The number of methoxy groups -OCH3 is 1. The van der Waals surface area contributed by atoms with E-state index >= 15 is 0 Å². The average Bonchev–Trinajstić information content (AvgIpc) is 2.80. The maximum Gasteiger partial charge on any atom is 0.251 e. The van der Waals surface area contributed by atoms with Crippen LogP contribution in [0.25, 0.3) is 0 Å². The van der Waals surface area contributed by atoms with Gasteiger partial charge in [-0.1, -0.05) is 24.3 Å². The summed E-state index contributed by atoms with van der Waals surface area (Å²) in [5.74, 6) is 0.493. The SMILES string of the molecule is COc1cccc(OCCNC(=O)c2ccc(N(Cc3ccccc3F)S(C)(=O)=O)cc2)c1. The second kappa shape index (κ2) is 10.8. The number of hydrogen-bond donors (Lipinski definition) is 1. The fraction of sp³-hybridized carbons (Fsp3) is 0.208. The molecule has 7 nitrogen and oxygen atoms in total. The van der Waals surface area contributed by atoms with Crippen LogP contribution in [0.2, 0.25) is 0 Å². The molecule has 3 aromatic rings. The molecular formula is C24H25FN2O5S. The lowest BCUT2D eigenvalue weighted by atomic mass is 10.1. The molecule has 0 spiro atoms. The van der Waals surface area contributed by atoms with Crippen LogP contribution in [-0.4, -0.2) is 40.8 Å². The third-order valence-electron chi connectivity index (χ3n) is 4.79. The predicted octanol–water partition coefficient (Wildman–Crippen LogP) is 3.61. The van der Waals surface area contributed by atoms with Crippen molar-refractivity contribution in [2.75, 3.05) is 30.8 Å². The Kier molecular flexibility index (Phi) is 7.89. The average molecular weight is 473 g/mol. The standard InChI is InChI=1S/C24H25FN2O5S/c1-31-21-7-5-8-22(16-21)32-15-14-26-24(28)18-10-12-20(13-11-18)27(33(2,29)30)17-19-6-3-4-9-23(19)25/h3-13,16H,14-15,17H2,1-2H3,(H,26,28). The van der Waals surface area contributed by atoms with Crippen LogP contribution in [0.4, 0.5) is 10.1 Å². The van der Waals surface area contributed by atoms with Gasteiger partial charge in [0, 0.05) is 17.2 Å². The van der Waals surface area contributed by atoms with Crippen LogP contribution < -0.4 is 19.1 Å². The van der Waals surface area contributed by atoms with Gasteiger partial charge < -0.3 is 14.8 Å². The third-order valence-corrected chi connectivity index (χ3v) is 5.93. The normalized spacial score (nSPS) is 11.0. The number of rotatable bonds is 10.